The van der Waals surface area contributed by atoms with Crippen molar-refractivity contribution in [1.82, 2.24) is 9.21 Å². The minimum absolute atomic E-state index is 0.0751. The second-order valence-corrected chi connectivity index (χ2v) is 8.28. The molecule has 1 aliphatic rings. The van der Waals surface area contributed by atoms with Crippen LogP contribution in [-0.2, 0) is 14.8 Å². The Morgan fingerprint density at radius 3 is 2.14 bits per heavy atom. The quantitative estimate of drug-likeness (QED) is 0.737. The lowest BCUT2D eigenvalue weighted by molar-refractivity contribution is -0.117. The third-order valence-electron chi connectivity index (χ3n) is 4.42. The normalized spacial score (nSPS) is 16.0. The number of piperazine rings is 1. The third-order valence-corrected chi connectivity index (χ3v) is 6.37. The van der Waals surface area contributed by atoms with Crippen LogP contribution in [0.15, 0.2) is 41.3 Å². The summed E-state index contributed by atoms with van der Waals surface area (Å²) in [6.07, 6.45) is 0. The number of nitrogens with zero attached hydrogens (tertiary/aromatic N) is 2. The first-order chi connectivity index (χ1) is 13.7. The molecule has 29 heavy (non-hydrogen) atoms. The van der Waals surface area contributed by atoms with Crippen molar-refractivity contribution in [3.8, 4) is 0 Å². The molecule has 1 heterocycles. The zero-order valence-electron chi connectivity index (χ0n) is 15.0. The molecule has 6 nitrogen and oxygen atoms in total. The maximum absolute atomic E-state index is 13.9. The molecule has 0 aliphatic carbocycles. The second kappa shape index (κ2) is 8.47. The molecule has 1 amide bonds. The summed E-state index contributed by atoms with van der Waals surface area (Å²) in [6, 6.07) is 5.54. The van der Waals surface area contributed by atoms with E-state index in [0.29, 0.717) is 6.07 Å². The molecule has 11 heteroatoms. The van der Waals surface area contributed by atoms with Crippen LogP contribution in [0.4, 0.5) is 23.2 Å². The van der Waals surface area contributed by atoms with Crippen molar-refractivity contribution in [2.75, 3.05) is 38.0 Å². The van der Waals surface area contributed by atoms with Gasteiger partial charge in [0.25, 0.3) is 0 Å². The molecular formula is C18H17F4N3O3S. The van der Waals surface area contributed by atoms with Gasteiger partial charge in [0, 0.05) is 32.2 Å². The maximum atomic E-state index is 13.9. The Bertz CT molecular complexity index is 1000. The second-order valence-electron chi connectivity index (χ2n) is 6.40. The van der Waals surface area contributed by atoms with Gasteiger partial charge < -0.3 is 5.32 Å². The minimum Gasteiger partial charge on any atom is -0.322 e. The van der Waals surface area contributed by atoms with Crippen molar-refractivity contribution < 1.29 is 30.8 Å². The molecule has 0 aromatic heterocycles. The molecule has 0 atom stereocenters. The van der Waals surface area contributed by atoms with Gasteiger partial charge in [0.2, 0.25) is 15.9 Å². The van der Waals surface area contributed by atoms with Gasteiger partial charge >= 0.3 is 0 Å². The summed E-state index contributed by atoms with van der Waals surface area (Å²) in [5.74, 6) is -4.60. The molecule has 1 N–H and O–H groups in total. The molecule has 0 unspecified atom stereocenters. The van der Waals surface area contributed by atoms with Crippen LogP contribution in [0.5, 0.6) is 0 Å². The zero-order chi connectivity index (χ0) is 21.2. The van der Waals surface area contributed by atoms with Gasteiger partial charge in [0.15, 0.2) is 4.90 Å². The summed E-state index contributed by atoms with van der Waals surface area (Å²) in [5.41, 5.74) is -0.173. The zero-order valence-corrected chi connectivity index (χ0v) is 15.9. The summed E-state index contributed by atoms with van der Waals surface area (Å²) in [6.45, 7) is -0.0371. The van der Waals surface area contributed by atoms with Gasteiger partial charge in [-0.15, -0.1) is 0 Å². The van der Waals surface area contributed by atoms with E-state index in [4.69, 9.17) is 0 Å². The van der Waals surface area contributed by atoms with Crippen molar-refractivity contribution in [2.24, 2.45) is 0 Å². The number of amides is 1. The molecule has 0 bridgehead atoms. The maximum Gasteiger partial charge on any atom is 0.249 e. The summed E-state index contributed by atoms with van der Waals surface area (Å²) in [4.78, 5) is 12.7. The summed E-state index contributed by atoms with van der Waals surface area (Å²) >= 11 is 0. The van der Waals surface area contributed by atoms with Gasteiger partial charge in [0.05, 0.1) is 12.2 Å². The van der Waals surface area contributed by atoms with Crippen molar-refractivity contribution in [3.63, 3.8) is 0 Å². The van der Waals surface area contributed by atoms with E-state index in [0.717, 1.165) is 34.6 Å². The van der Waals surface area contributed by atoms with E-state index in [1.165, 1.54) is 0 Å². The van der Waals surface area contributed by atoms with Gasteiger partial charge in [-0.05, 0) is 24.3 Å². The number of nitrogens with one attached hydrogen (secondary N) is 1. The van der Waals surface area contributed by atoms with Crippen LogP contribution < -0.4 is 5.32 Å². The smallest absolute Gasteiger partial charge is 0.249 e. The summed E-state index contributed by atoms with van der Waals surface area (Å²) < 4.78 is 80.2. The van der Waals surface area contributed by atoms with E-state index in [2.05, 4.69) is 5.32 Å². The van der Waals surface area contributed by atoms with E-state index < -0.39 is 44.1 Å². The average molecular weight is 431 g/mol. The van der Waals surface area contributed by atoms with Crippen LogP contribution in [0, 0.1) is 23.3 Å². The monoisotopic (exact) mass is 431 g/mol. The van der Waals surface area contributed by atoms with E-state index >= 15 is 0 Å². The fourth-order valence-electron chi connectivity index (χ4n) is 2.97. The molecule has 156 valence electrons. The fraction of sp³-hybridized carbons (Fsp3) is 0.278. The molecule has 0 radical (unpaired) electrons. The molecule has 0 spiro atoms. The minimum atomic E-state index is -4.36. The Morgan fingerprint density at radius 1 is 0.931 bits per heavy atom. The first kappa shape index (κ1) is 21.2. The largest absolute Gasteiger partial charge is 0.322 e. The van der Waals surface area contributed by atoms with Gasteiger partial charge in [-0.2, -0.15) is 4.31 Å². The third kappa shape index (κ3) is 4.74. The number of sulfonamides is 1. The fourth-order valence-corrected chi connectivity index (χ4v) is 4.50. The molecule has 2 aromatic carbocycles. The van der Waals surface area contributed by atoms with Crippen LogP contribution in [0.2, 0.25) is 0 Å². The van der Waals surface area contributed by atoms with Gasteiger partial charge in [-0.25, -0.2) is 26.0 Å². The number of hydrogen-bond donors (Lipinski definition) is 1. The average Bonchev–Trinajstić information content (AvgIpc) is 2.64. The predicted octanol–water partition coefficient (Wildman–Crippen LogP) is 2.19. The highest BCUT2D eigenvalue weighted by Gasteiger charge is 2.33. The molecule has 3 rings (SSSR count). The van der Waals surface area contributed by atoms with Crippen molar-refractivity contribution >= 4 is 21.6 Å². The number of carbonyl (C=O) groups is 1. The SMILES string of the molecule is O=C(CN1CCN(S(=O)(=O)c2c(F)cccc2F)CC1)Nc1ccc(F)cc1F. The Hall–Kier alpha value is -2.50. The first-order valence-corrected chi connectivity index (χ1v) is 10.0. The van der Waals surface area contributed by atoms with Gasteiger partial charge in [-0.1, -0.05) is 6.07 Å². The predicted molar refractivity (Wildman–Crippen MR) is 96.5 cm³/mol. The molecule has 2 aromatic rings. The van der Waals surface area contributed by atoms with Crippen LogP contribution in [0.25, 0.3) is 0 Å². The number of anilines is 1. The van der Waals surface area contributed by atoms with Crippen molar-refractivity contribution in [3.05, 3.63) is 59.7 Å². The number of benzene rings is 2. The highest BCUT2D eigenvalue weighted by atomic mass is 32.2. The molecule has 1 saturated heterocycles. The molecule has 1 aliphatic heterocycles. The van der Waals surface area contributed by atoms with Gasteiger partial charge in [-0.3, -0.25) is 9.69 Å². The number of carbonyl (C=O) groups excluding carboxylic acids is 1. The van der Waals surface area contributed by atoms with Crippen LogP contribution >= 0.6 is 0 Å². The number of rotatable bonds is 5. The van der Waals surface area contributed by atoms with Crippen LogP contribution in [0.3, 0.4) is 0 Å². The van der Waals surface area contributed by atoms with E-state index in [-0.39, 0.29) is 38.4 Å². The lowest BCUT2D eigenvalue weighted by Gasteiger charge is -2.33. The van der Waals surface area contributed by atoms with Crippen LogP contribution in [-0.4, -0.2) is 56.3 Å². The van der Waals surface area contributed by atoms with Gasteiger partial charge in [0.1, 0.15) is 23.3 Å². The standard InChI is InChI=1S/C18H17F4N3O3S/c19-12-4-5-16(15(22)10-12)23-17(26)11-24-6-8-25(9-7-24)29(27,28)18-13(20)2-1-3-14(18)21/h1-5,10H,6-9,11H2,(H,23,26). The van der Waals surface area contributed by atoms with Crippen molar-refractivity contribution in [2.45, 2.75) is 4.90 Å². The first-order valence-electron chi connectivity index (χ1n) is 8.60. The number of hydrogen-bond acceptors (Lipinski definition) is 4. The number of halogens is 4. The molecule has 0 saturated carbocycles. The molecular weight excluding hydrogens is 414 g/mol. The Kier molecular flexibility index (Phi) is 6.20. The summed E-state index contributed by atoms with van der Waals surface area (Å²) in [5, 5.41) is 2.31. The Balaban J connectivity index is 1.59. The van der Waals surface area contributed by atoms with E-state index in [1.807, 2.05) is 0 Å². The lowest BCUT2D eigenvalue weighted by Crippen LogP contribution is -2.50. The van der Waals surface area contributed by atoms with Crippen molar-refractivity contribution in [1.29, 1.82) is 0 Å². The Labute approximate surface area is 164 Å². The highest BCUT2D eigenvalue weighted by molar-refractivity contribution is 7.89. The highest BCUT2D eigenvalue weighted by Crippen LogP contribution is 2.23. The molecule has 1 fully saturated rings. The lowest BCUT2D eigenvalue weighted by atomic mass is 10.3. The summed E-state index contributed by atoms with van der Waals surface area (Å²) in [7, 11) is -4.36. The Morgan fingerprint density at radius 2 is 1.55 bits per heavy atom. The van der Waals surface area contributed by atoms with E-state index in [9.17, 15) is 30.8 Å². The topological polar surface area (TPSA) is 69.7 Å². The van der Waals surface area contributed by atoms with Crippen LogP contribution in [0.1, 0.15) is 0 Å². The van der Waals surface area contributed by atoms with E-state index in [1.54, 1.807) is 4.90 Å².